The van der Waals surface area contributed by atoms with Crippen LogP contribution in [0.5, 0.6) is 0 Å². The van der Waals surface area contributed by atoms with Crippen LogP contribution < -0.4 is 5.73 Å². The van der Waals surface area contributed by atoms with E-state index in [1.165, 1.54) is 46.3 Å². The summed E-state index contributed by atoms with van der Waals surface area (Å²) in [6.07, 6.45) is 6.86. The van der Waals surface area contributed by atoms with Crippen LogP contribution in [0.15, 0.2) is 10.5 Å². The number of aryl methyl sites for hydroxylation is 1. The molecule has 1 aliphatic carbocycles. The van der Waals surface area contributed by atoms with Crippen molar-refractivity contribution in [1.29, 1.82) is 0 Å². The molecule has 0 bridgehead atoms. The fourth-order valence-corrected chi connectivity index (χ4v) is 4.90. The Kier molecular flexibility index (Phi) is 5.87. The molecule has 0 spiro atoms. The van der Waals surface area contributed by atoms with Gasteiger partial charge in [0.25, 0.3) is 0 Å². The number of halogens is 1. The lowest BCUT2D eigenvalue weighted by atomic mass is 9.93. The highest BCUT2D eigenvalue weighted by Crippen LogP contribution is 2.35. The molecule has 1 saturated carbocycles. The van der Waals surface area contributed by atoms with E-state index in [2.05, 4.69) is 40.7 Å². The smallest absolute Gasteiger partial charge is 0.0567 e. The van der Waals surface area contributed by atoms with E-state index in [-0.39, 0.29) is 0 Å². The lowest BCUT2D eigenvalue weighted by Crippen LogP contribution is -2.42. The average molecular weight is 345 g/mol. The zero-order chi connectivity index (χ0) is 13.8. The third-order valence-corrected chi connectivity index (χ3v) is 6.47. The minimum Gasteiger partial charge on any atom is -0.329 e. The number of hydrogen-bond acceptors (Lipinski definition) is 3. The van der Waals surface area contributed by atoms with Gasteiger partial charge in [-0.1, -0.05) is 26.2 Å². The Morgan fingerprint density at radius 3 is 2.58 bits per heavy atom. The van der Waals surface area contributed by atoms with Gasteiger partial charge in [-0.05, 0) is 48.3 Å². The van der Waals surface area contributed by atoms with Crippen molar-refractivity contribution in [2.24, 2.45) is 5.73 Å². The number of nitrogens with zero attached hydrogens (tertiary/aromatic N) is 1. The van der Waals surface area contributed by atoms with Gasteiger partial charge in [-0.3, -0.25) is 4.90 Å². The maximum absolute atomic E-state index is 6.10. The van der Waals surface area contributed by atoms with Gasteiger partial charge in [-0.15, -0.1) is 11.3 Å². The highest BCUT2D eigenvalue weighted by Gasteiger charge is 2.27. The molecule has 2 N–H and O–H groups in total. The molecule has 1 aromatic rings. The molecule has 0 radical (unpaired) electrons. The predicted molar refractivity (Wildman–Crippen MR) is 87.8 cm³/mol. The zero-order valence-corrected chi connectivity index (χ0v) is 14.4. The van der Waals surface area contributed by atoms with Crippen molar-refractivity contribution in [2.75, 3.05) is 13.1 Å². The molecule has 0 aliphatic heterocycles. The summed E-state index contributed by atoms with van der Waals surface area (Å²) in [5, 5.41) is 0. The molecule has 19 heavy (non-hydrogen) atoms. The summed E-state index contributed by atoms with van der Waals surface area (Å²) in [5.41, 5.74) is 6.10. The van der Waals surface area contributed by atoms with Crippen LogP contribution in [0.4, 0.5) is 0 Å². The lowest BCUT2D eigenvalue weighted by Gasteiger charge is -2.38. The minimum atomic E-state index is 0.392. The van der Waals surface area contributed by atoms with E-state index in [1.54, 1.807) is 0 Å². The van der Waals surface area contributed by atoms with Gasteiger partial charge < -0.3 is 5.73 Å². The molecule has 0 saturated heterocycles. The first kappa shape index (κ1) is 15.5. The van der Waals surface area contributed by atoms with Crippen LogP contribution >= 0.6 is 27.3 Å². The molecule has 1 fully saturated rings. The zero-order valence-electron chi connectivity index (χ0n) is 12.0. The second kappa shape index (κ2) is 7.21. The Balaban J connectivity index is 2.17. The summed E-state index contributed by atoms with van der Waals surface area (Å²) in [5.74, 6) is 0. The predicted octanol–water partition coefficient (Wildman–Crippen LogP) is 4.47. The van der Waals surface area contributed by atoms with Crippen molar-refractivity contribution >= 4 is 27.3 Å². The molecule has 1 aliphatic rings. The van der Waals surface area contributed by atoms with Crippen molar-refractivity contribution in [3.63, 3.8) is 0 Å². The topological polar surface area (TPSA) is 29.3 Å². The molecule has 1 heterocycles. The van der Waals surface area contributed by atoms with Gasteiger partial charge in [-0.25, -0.2) is 0 Å². The SMILES string of the molecule is CCN(C1CCCCC1)C(CN)c1cc(Br)c(C)s1. The molecule has 1 aromatic heterocycles. The summed E-state index contributed by atoms with van der Waals surface area (Å²) in [4.78, 5) is 5.41. The molecule has 2 nitrogen and oxygen atoms in total. The van der Waals surface area contributed by atoms with E-state index in [4.69, 9.17) is 5.73 Å². The van der Waals surface area contributed by atoms with E-state index in [0.717, 1.165) is 19.1 Å². The molecule has 0 amide bonds. The average Bonchev–Trinajstić information content (AvgIpc) is 2.76. The van der Waals surface area contributed by atoms with E-state index in [1.807, 2.05) is 11.3 Å². The van der Waals surface area contributed by atoms with Crippen molar-refractivity contribution in [3.05, 3.63) is 20.3 Å². The Morgan fingerprint density at radius 2 is 2.11 bits per heavy atom. The van der Waals surface area contributed by atoms with Crippen LogP contribution in [0.3, 0.4) is 0 Å². The summed E-state index contributed by atoms with van der Waals surface area (Å²) in [7, 11) is 0. The highest BCUT2D eigenvalue weighted by atomic mass is 79.9. The normalized spacial score (nSPS) is 19.0. The van der Waals surface area contributed by atoms with Crippen LogP contribution in [0, 0.1) is 6.92 Å². The van der Waals surface area contributed by atoms with Gasteiger partial charge in [0, 0.05) is 26.8 Å². The Morgan fingerprint density at radius 1 is 1.42 bits per heavy atom. The molecular weight excluding hydrogens is 320 g/mol. The lowest BCUT2D eigenvalue weighted by molar-refractivity contribution is 0.115. The first-order valence-corrected chi connectivity index (χ1v) is 9.00. The summed E-state index contributed by atoms with van der Waals surface area (Å²) in [6.45, 7) is 6.26. The quantitative estimate of drug-likeness (QED) is 0.853. The third kappa shape index (κ3) is 3.60. The van der Waals surface area contributed by atoms with Crippen LogP contribution in [-0.4, -0.2) is 24.0 Å². The van der Waals surface area contributed by atoms with E-state index in [0.29, 0.717) is 6.04 Å². The molecular formula is C15H25BrN2S. The standard InChI is InChI=1S/C15H25BrN2S/c1-3-18(12-7-5-4-6-8-12)14(10-17)15-9-13(16)11(2)19-15/h9,12,14H,3-8,10,17H2,1-2H3. The fourth-order valence-electron chi connectivity index (χ4n) is 3.21. The number of nitrogens with two attached hydrogens (primary N) is 1. The second-order valence-corrected chi connectivity index (χ2v) is 7.57. The number of thiophene rings is 1. The minimum absolute atomic E-state index is 0.392. The molecule has 2 rings (SSSR count). The van der Waals surface area contributed by atoms with Crippen molar-refractivity contribution < 1.29 is 0 Å². The Hall–Kier alpha value is 0.1000. The molecule has 108 valence electrons. The van der Waals surface area contributed by atoms with Crippen molar-refractivity contribution in [3.8, 4) is 0 Å². The summed E-state index contributed by atoms with van der Waals surface area (Å²) >= 11 is 5.52. The monoisotopic (exact) mass is 344 g/mol. The Labute approximate surface area is 129 Å². The van der Waals surface area contributed by atoms with Crippen molar-refractivity contribution in [2.45, 2.75) is 58.0 Å². The van der Waals surface area contributed by atoms with E-state index in [9.17, 15) is 0 Å². The summed E-state index contributed by atoms with van der Waals surface area (Å²) in [6, 6.07) is 3.39. The highest BCUT2D eigenvalue weighted by molar-refractivity contribution is 9.10. The molecule has 1 atom stereocenters. The first-order chi connectivity index (χ1) is 9.17. The van der Waals surface area contributed by atoms with Gasteiger partial charge in [0.15, 0.2) is 0 Å². The summed E-state index contributed by atoms with van der Waals surface area (Å²) < 4.78 is 1.23. The van der Waals surface area contributed by atoms with Crippen LogP contribution in [0.25, 0.3) is 0 Å². The van der Waals surface area contributed by atoms with E-state index >= 15 is 0 Å². The van der Waals surface area contributed by atoms with Gasteiger partial charge in [0.1, 0.15) is 0 Å². The van der Waals surface area contributed by atoms with Gasteiger partial charge in [0.05, 0.1) is 6.04 Å². The number of likely N-dealkylation sites (N-methyl/N-ethyl adjacent to an activating group) is 1. The van der Waals surface area contributed by atoms with Crippen LogP contribution in [0.1, 0.15) is 54.8 Å². The first-order valence-electron chi connectivity index (χ1n) is 7.39. The molecule has 1 unspecified atom stereocenters. The van der Waals surface area contributed by atoms with Gasteiger partial charge in [0.2, 0.25) is 0 Å². The maximum atomic E-state index is 6.10. The van der Waals surface area contributed by atoms with E-state index < -0.39 is 0 Å². The third-order valence-electron chi connectivity index (χ3n) is 4.24. The van der Waals surface area contributed by atoms with Crippen LogP contribution in [0.2, 0.25) is 0 Å². The Bertz CT molecular complexity index is 379. The van der Waals surface area contributed by atoms with Crippen molar-refractivity contribution in [1.82, 2.24) is 4.90 Å². The number of hydrogen-bond donors (Lipinski definition) is 1. The molecule has 4 heteroatoms. The fraction of sp³-hybridized carbons (Fsp3) is 0.733. The van der Waals surface area contributed by atoms with Gasteiger partial charge in [-0.2, -0.15) is 0 Å². The van der Waals surface area contributed by atoms with Crippen LogP contribution in [-0.2, 0) is 0 Å². The maximum Gasteiger partial charge on any atom is 0.0567 e. The second-order valence-electron chi connectivity index (χ2n) is 5.43. The van der Waals surface area contributed by atoms with Gasteiger partial charge >= 0.3 is 0 Å². The number of rotatable bonds is 5. The largest absolute Gasteiger partial charge is 0.329 e. The molecule has 0 aromatic carbocycles.